The largest absolute Gasteiger partial charge is 0.355 e. The fourth-order valence-electron chi connectivity index (χ4n) is 1.31. The Morgan fingerprint density at radius 2 is 1.94 bits per heavy atom. The summed E-state index contributed by atoms with van der Waals surface area (Å²) in [6, 6.07) is 6.32. The molecule has 0 unspecified atom stereocenters. The first-order valence-corrected chi connectivity index (χ1v) is 6.30. The number of benzene rings is 1. The minimum absolute atomic E-state index is 0.0735. The molecule has 0 heterocycles. The van der Waals surface area contributed by atoms with E-state index in [4.69, 9.17) is 0 Å². The number of carbonyl (C=O) groups excluding carboxylic acids is 1. The first-order valence-electron chi connectivity index (χ1n) is 5.51. The Morgan fingerprint density at radius 1 is 1.39 bits per heavy atom. The third-order valence-corrected chi connectivity index (χ3v) is 2.75. The van der Waals surface area contributed by atoms with Gasteiger partial charge in [-0.15, -0.1) is 0 Å². The number of hydrogen-bond donors (Lipinski definition) is 1. The van der Waals surface area contributed by atoms with Crippen molar-refractivity contribution in [2.75, 3.05) is 6.54 Å². The van der Waals surface area contributed by atoms with Crippen molar-refractivity contribution in [1.29, 1.82) is 0 Å². The Hall–Kier alpha value is -1.43. The number of halogens is 1. The van der Waals surface area contributed by atoms with Gasteiger partial charge < -0.3 is 5.32 Å². The maximum Gasteiger partial charge on any atom is 0.269 e. The molecule has 0 saturated carbocycles. The molecule has 1 rings (SSSR count). The lowest BCUT2D eigenvalue weighted by atomic mass is 10.1. The number of nitro benzene ring substituents is 1. The molecule has 6 heteroatoms. The predicted molar refractivity (Wildman–Crippen MR) is 72.8 cm³/mol. The lowest BCUT2D eigenvalue weighted by molar-refractivity contribution is -0.384. The zero-order valence-electron chi connectivity index (χ0n) is 10.3. The highest BCUT2D eigenvalue weighted by Gasteiger charge is 2.22. The molecule has 1 aromatic carbocycles. The van der Waals surface area contributed by atoms with Crippen LogP contribution in [-0.4, -0.2) is 21.7 Å². The molecule has 0 aliphatic carbocycles. The molecule has 0 spiro atoms. The van der Waals surface area contributed by atoms with Gasteiger partial charge in [0.25, 0.3) is 5.69 Å². The van der Waals surface area contributed by atoms with E-state index in [1.54, 1.807) is 26.0 Å². The van der Waals surface area contributed by atoms with E-state index in [1.807, 2.05) is 0 Å². The van der Waals surface area contributed by atoms with E-state index >= 15 is 0 Å². The number of non-ortho nitro benzene ring substituents is 1. The summed E-state index contributed by atoms with van der Waals surface area (Å²) in [5.74, 6) is -0.0792. The monoisotopic (exact) mass is 314 g/mol. The fourth-order valence-corrected chi connectivity index (χ4v) is 1.46. The van der Waals surface area contributed by atoms with E-state index < -0.39 is 9.25 Å². The molecule has 98 valence electrons. The van der Waals surface area contributed by atoms with Gasteiger partial charge in [0, 0.05) is 18.7 Å². The summed E-state index contributed by atoms with van der Waals surface area (Å²) in [5.41, 5.74) is 1.03. The van der Waals surface area contributed by atoms with Crippen molar-refractivity contribution in [3.63, 3.8) is 0 Å². The first kappa shape index (κ1) is 14.6. The van der Waals surface area contributed by atoms with Crippen LogP contribution in [0.2, 0.25) is 0 Å². The zero-order valence-corrected chi connectivity index (χ0v) is 11.9. The highest BCUT2D eigenvalue weighted by atomic mass is 79.9. The Labute approximate surface area is 114 Å². The van der Waals surface area contributed by atoms with E-state index in [1.165, 1.54) is 12.1 Å². The van der Waals surface area contributed by atoms with Crippen molar-refractivity contribution in [3.8, 4) is 0 Å². The topological polar surface area (TPSA) is 72.2 Å². The highest BCUT2D eigenvalue weighted by Crippen LogP contribution is 2.15. The minimum Gasteiger partial charge on any atom is -0.355 e. The van der Waals surface area contributed by atoms with Crippen LogP contribution in [0.25, 0.3) is 0 Å². The molecule has 0 fully saturated rings. The fraction of sp³-hybridized carbons (Fsp3) is 0.417. The number of alkyl halides is 1. The number of rotatable bonds is 5. The Bertz CT molecular complexity index is 438. The summed E-state index contributed by atoms with van der Waals surface area (Å²) < 4.78 is -0.581. The SMILES string of the molecule is CC(C)(Br)C(=O)NCCc1ccc([N+](=O)[O-])cc1. The van der Waals surface area contributed by atoms with E-state index in [2.05, 4.69) is 21.2 Å². The van der Waals surface area contributed by atoms with Crippen LogP contribution in [0.5, 0.6) is 0 Å². The predicted octanol–water partition coefficient (Wildman–Crippen LogP) is 2.43. The van der Waals surface area contributed by atoms with Crippen LogP contribution in [0.1, 0.15) is 19.4 Å². The van der Waals surface area contributed by atoms with Gasteiger partial charge in [-0.05, 0) is 25.8 Å². The number of carbonyl (C=O) groups is 1. The number of nitro groups is 1. The first-order chi connectivity index (χ1) is 8.30. The molecule has 0 aliphatic rings. The Kier molecular flexibility index (Phi) is 4.84. The van der Waals surface area contributed by atoms with E-state index in [-0.39, 0.29) is 11.6 Å². The molecule has 1 aromatic rings. The Morgan fingerprint density at radius 3 is 2.39 bits per heavy atom. The van der Waals surface area contributed by atoms with Crippen molar-refractivity contribution < 1.29 is 9.72 Å². The molecular weight excluding hydrogens is 300 g/mol. The summed E-state index contributed by atoms with van der Waals surface area (Å²) >= 11 is 3.27. The van der Waals surface area contributed by atoms with Crippen LogP contribution >= 0.6 is 15.9 Å². The second-order valence-corrected chi connectivity index (χ2v) is 6.38. The van der Waals surface area contributed by atoms with Crippen LogP contribution < -0.4 is 5.32 Å². The number of nitrogens with one attached hydrogen (secondary N) is 1. The molecule has 0 saturated heterocycles. The van der Waals surface area contributed by atoms with Gasteiger partial charge in [0.2, 0.25) is 5.91 Å². The Balaban J connectivity index is 2.45. The zero-order chi connectivity index (χ0) is 13.8. The van der Waals surface area contributed by atoms with Gasteiger partial charge >= 0.3 is 0 Å². The second-order valence-electron chi connectivity index (χ2n) is 4.40. The summed E-state index contributed by atoms with van der Waals surface area (Å²) in [7, 11) is 0. The number of hydrogen-bond acceptors (Lipinski definition) is 3. The minimum atomic E-state index is -0.581. The van der Waals surface area contributed by atoms with Crippen molar-refractivity contribution >= 4 is 27.5 Å². The van der Waals surface area contributed by atoms with E-state index in [0.717, 1.165) is 5.56 Å². The van der Waals surface area contributed by atoms with Crippen LogP contribution in [0.15, 0.2) is 24.3 Å². The maximum absolute atomic E-state index is 11.6. The third kappa shape index (κ3) is 4.44. The molecule has 0 atom stereocenters. The summed E-state index contributed by atoms with van der Waals surface area (Å²) in [5, 5.41) is 13.3. The van der Waals surface area contributed by atoms with E-state index in [9.17, 15) is 14.9 Å². The van der Waals surface area contributed by atoms with Crippen LogP contribution in [0.4, 0.5) is 5.69 Å². The molecule has 0 aromatic heterocycles. The van der Waals surface area contributed by atoms with E-state index in [0.29, 0.717) is 13.0 Å². The van der Waals surface area contributed by atoms with Crippen molar-refractivity contribution in [2.24, 2.45) is 0 Å². The average molecular weight is 315 g/mol. The molecule has 1 N–H and O–H groups in total. The highest BCUT2D eigenvalue weighted by molar-refractivity contribution is 9.10. The van der Waals surface area contributed by atoms with Crippen molar-refractivity contribution in [1.82, 2.24) is 5.32 Å². The number of nitrogens with zero attached hydrogens (tertiary/aromatic N) is 1. The molecule has 1 amide bonds. The lowest BCUT2D eigenvalue weighted by Crippen LogP contribution is -2.38. The van der Waals surface area contributed by atoms with Crippen molar-refractivity contribution in [3.05, 3.63) is 39.9 Å². The standard InChI is InChI=1S/C12H15BrN2O3/c1-12(2,13)11(16)14-8-7-9-3-5-10(6-4-9)15(17)18/h3-6H,7-8H2,1-2H3,(H,14,16). The van der Waals surface area contributed by atoms with Gasteiger partial charge in [-0.1, -0.05) is 28.1 Å². The average Bonchev–Trinajstić information content (AvgIpc) is 2.28. The molecule has 5 nitrogen and oxygen atoms in total. The van der Waals surface area contributed by atoms with Gasteiger partial charge in [0.1, 0.15) is 0 Å². The molecule has 0 aliphatic heterocycles. The second kappa shape index (κ2) is 5.95. The van der Waals surface area contributed by atoms with Gasteiger partial charge in [-0.3, -0.25) is 14.9 Å². The molecule has 0 bridgehead atoms. The summed E-state index contributed by atoms with van der Waals surface area (Å²) in [4.78, 5) is 21.6. The maximum atomic E-state index is 11.6. The smallest absolute Gasteiger partial charge is 0.269 e. The summed E-state index contributed by atoms with van der Waals surface area (Å²) in [6.07, 6.45) is 0.646. The quantitative estimate of drug-likeness (QED) is 0.515. The van der Waals surface area contributed by atoms with Crippen LogP contribution in [-0.2, 0) is 11.2 Å². The van der Waals surface area contributed by atoms with Gasteiger partial charge in [-0.2, -0.15) is 0 Å². The molecular formula is C12H15BrN2O3. The normalized spacial score (nSPS) is 11.1. The lowest BCUT2D eigenvalue weighted by Gasteiger charge is -2.15. The number of amides is 1. The van der Waals surface area contributed by atoms with Gasteiger partial charge in [0.15, 0.2) is 0 Å². The van der Waals surface area contributed by atoms with Crippen LogP contribution in [0.3, 0.4) is 0 Å². The van der Waals surface area contributed by atoms with Crippen molar-refractivity contribution in [2.45, 2.75) is 24.6 Å². The summed E-state index contributed by atoms with van der Waals surface area (Å²) in [6.45, 7) is 4.05. The van der Waals surface area contributed by atoms with Gasteiger partial charge in [-0.25, -0.2) is 0 Å². The van der Waals surface area contributed by atoms with Gasteiger partial charge in [0.05, 0.1) is 9.25 Å². The molecule has 18 heavy (non-hydrogen) atoms. The molecule has 0 radical (unpaired) electrons. The van der Waals surface area contributed by atoms with Crippen LogP contribution in [0, 0.1) is 10.1 Å². The third-order valence-electron chi connectivity index (χ3n) is 2.39.